The van der Waals surface area contributed by atoms with Crippen LogP contribution in [0.15, 0.2) is 0 Å². The molecule has 23 heteroatoms. The van der Waals surface area contributed by atoms with Gasteiger partial charge in [0.2, 0.25) is 0 Å². The molecule has 0 spiro atoms. The maximum Gasteiger partial charge on any atom is 5.00 e. The molecule has 0 aromatic heterocycles. The van der Waals surface area contributed by atoms with Gasteiger partial charge in [-0.3, -0.25) is 9.80 Å². The largest absolute Gasteiger partial charge is 5.00 e. The van der Waals surface area contributed by atoms with Crippen molar-refractivity contribution in [3.8, 4) is 0 Å². The maximum atomic E-state index is 10.6. The first-order chi connectivity index (χ1) is 13.0. The SMILES string of the molecule is CN(CCN(C)CCN(CC(=O)[O-])CC(=O)[O-])CCN(CC(=O)[O-])CC(=O)[O-].O.O.O.O.O.O.[Fe+5].[Fe+5].[O-2].[OH3+].[OH3+]. The van der Waals surface area contributed by atoms with Crippen molar-refractivity contribution >= 4 is 23.9 Å². The predicted octanol–water partition coefficient (Wildman–Crippen LogP) is -14.5. The third-order valence-electron chi connectivity index (χ3n) is 3.87. The van der Waals surface area contributed by atoms with Crippen LogP contribution in [0.1, 0.15) is 0 Å². The van der Waals surface area contributed by atoms with Gasteiger partial charge in [-0.05, 0) is 14.1 Å². The van der Waals surface area contributed by atoms with Crippen molar-refractivity contribution in [2.45, 2.75) is 0 Å². The minimum Gasteiger partial charge on any atom is -2.00 e. The summed E-state index contributed by atoms with van der Waals surface area (Å²) in [7, 11) is 3.56. The summed E-state index contributed by atoms with van der Waals surface area (Å²) in [5.74, 6) is -5.50. The van der Waals surface area contributed by atoms with Crippen LogP contribution in [-0.4, -0.2) is 156 Å². The number of carbonyl (C=O) groups excluding carboxylic acids is 4. The fraction of sp³-hybridized carbons (Fsp3) is 0.750. The first-order valence-electron chi connectivity index (χ1n) is 8.60. The Hall–Kier alpha value is -1.60. The summed E-state index contributed by atoms with van der Waals surface area (Å²) in [6, 6.07) is 0. The van der Waals surface area contributed by atoms with Crippen LogP contribution in [0.4, 0.5) is 0 Å². The molecule has 0 fully saturated rings. The first-order valence-corrected chi connectivity index (χ1v) is 8.60. The van der Waals surface area contributed by atoms with E-state index < -0.39 is 50.1 Å². The topological polar surface area (TPSA) is 457 Å². The first kappa shape index (κ1) is 76.8. The number of likely N-dealkylation sites (N-methyl/N-ethyl adjacent to an activating group) is 2. The van der Waals surface area contributed by atoms with Gasteiger partial charge in [0.05, 0.1) is 23.9 Å². The minimum atomic E-state index is -1.37. The van der Waals surface area contributed by atoms with Crippen molar-refractivity contribution in [3.05, 3.63) is 0 Å². The van der Waals surface area contributed by atoms with Gasteiger partial charge in [-0.1, -0.05) is 0 Å². The smallest absolute Gasteiger partial charge is 2.00 e. The molecule has 0 atom stereocenters. The zero-order valence-electron chi connectivity index (χ0n) is 21.4. The number of nitrogens with zero attached hydrogens (tertiary/aromatic N) is 4. The molecule has 18 N–H and O–H groups in total. The zero-order chi connectivity index (χ0) is 21.7. The maximum absolute atomic E-state index is 10.6. The quantitative estimate of drug-likeness (QED) is 0.102. The van der Waals surface area contributed by atoms with Crippen molar-refractivity contribution in [2.75, 3.05) is 79.5 Å². The van der Waals surface area contributed by atoms with Gasteiger partial charge in [0.15, 0.2) is 0 Å². The van der Waals surface area contributed by atoms with Gasteiger partial charge in [-0.25, -0.2) is 0 Å². The van der Waals surface area contributed by atoms with E-state index in [2.05, 4.69) is 0 Å². The molecule has 0 saturated carbocycles. The molecular formula is C16H44Fe2N4O17+6. The van der Waals surface area contributed by atoms with Crippen LogP contribution in [0.2, 0.25) is 0 Å². The standard InChI is InChI=1S/C16H30N4O8.2Fe.8H2O.O/c1-17(5-7-19(9-13(21)22)10-14(23)24)3-4-18(2)6-8-20(11-15(25)26)12-16(27)28;;;;;;;;;;;/h3-12H2,1-2H3,(H,21,22)(H,23,24)(H,25,26)(H,27,28);;;8*1H2;/q;2*+5;;;;;;;;;-2/p-2. The van der Waals surface area contributed by atoms with Gasteiger partial charge in [0, 0.05) is 65.4 Å². The molecule has 0 bridgehead atoms. The Labute approximate surface area is 246 Å². The Kier molecular flexibility index (Phi) is 85.6. The summed E-state index contributed by atoms with van der Waals surface area (Å²) in [6.07, 6.45) is 0. The Balaban J connectivity index is -0.0000000663. The number of carboxylic acid groups (broad SMARTS) is 4. The number of rotatable bonds is 17. The van der Waals surface area contributed by atoms with Crippen molar-refractivity contribution < 1.29 is 123 Å². The Bertz CT molecular complexity index is 477. The molecule has 0 unspecified atom stereocenters. The van der Waals surface area contributed by atoms with Crippen molar-refractivity contribution in [1.82, 2.24) is 19.6 Å². The molecule has 21 nitrogen and oxygen atoms in total. The van der Waals surface area contributed by atoms with Gasteiger partial charge in [0.25, 0.3) is 0 Å². The van der Waals surface area contributed by atoms with Crippen LogP contribution in [0, 0.1) is 0 Å². The molecule has 39 heavy (non-hydrogen) atoms. The summed E-state index contributed by atoms with van der Waals surface area (Å²) < 4.78 is 0. The molecular weight excluding hydrogens is 632 g/mol. The number of hydrogen-bond donors (Lipinski definition) is 0. The fourth-order valence-electron chi connectivity index (χ4n) is 2.35. The summed E-state index contributed by atoms with van der Waals surface area (Å²) in [4.78, 5) is 48.7. The Morgan fingerprint density at radius 1 is 0.462 bits per heavy atom. The van der Waals surface area contributed by atoms with Gasteiger partial charge in [-0.2, -0.15) is 0 Å². The summed E-state index contributed by atoms with van der Waals surface area (Å²) in [5.41, 5.74) is 0. The van der Waals surface area contributed by atoms with E-state index in [9.17, 15) is 39.6 Å². The molecule has 0 saturated heterocycles. The second-order valence-corrected chi connectivity index (χ2v) is 6.52. The van der Waals surface area contributed by atoms with E-state index in [-0.39, 0.29) is 96.5 Å². The van der Waals surface area contributed by atoms with E-state index in [1.54, 1.807) is 14.1 Å². The van der Waals surface area contributed by atoms with Crippen molar-refractivity contribution in [2.24, 2.45) is 0 Å². The normalized spacial score (nSPS) is 8.26. The Morgan fingerprint density at radius 2 is 0.615 bits per heavy atom. The van der Waals surface area contributed by atoms with Crippen LogP contribution < -0.4 is 20.4 Å². The predicted molar refractivity (Wildman–Crippen MR) is 120 cm³/mol. The summed E-state index contributed by atoms with van der Waals surface area (Å²) in [6.45, 7) is 0.349. The summed E-state index contributed by atoms with van der Waals surface area (Å²) in [5, 5.41) is 42.6. The second kappa shape index (κ2) is 43.5. The molecule has 0 heterocycles. The van der Waals surface area contributed by atoms with Gasteiger partial charge in [-0.15, -0.1) is 0 Å². The molecule has 0 aliphatic carbocycles. The molecule has 0 aliphatic rings. The van der Waals surface area contributed by atoms with Gasteiger partial charge >= 0.3 is 34.1 Å². The van der Waals surface area contributed by atoms with Crippen LogP contribution in [0.3, 0.4) is 0 Å². The molecule has 2 radical (unpaired) electrons. The number of aliphatic carboxylic acids is 4. The zero-order valence-corrected chi connectivity index (χ0v) is 23.6. The van der Waals surface area contributed by atoms with E-state index in [0.29, 0.717) is 26.2 Å². The van der Waals surface area contributed by atoms with E-state index >= 15 is 0 Å². The molecule has 0 amide bonds. The molecule has 0 aromatic carbocycles. The molecule has 0 rings (SSSR count). The third kappa shape index (κ3) is 49.8. The van der Waals surface area contributed by atoms with Gasteiger partial charge in [0.1, 0.15) is 0 Å². The van der Waals surface area contributed by atoms with Crippen molar-refractivity contribution in [1.29, 1.82) is 0 Å². The van der Waals surface area contributed by atoms with Crippen LogP contribution in [0.5, 0.6) is 0 Å². The minimum absolute atomic E-state index is 0. The fourth-order valence-corrected chi connectivity index (χ4v) is 2.35. The Morgan fingerprint density at radius 3 is 0.769 bits per heavy atom. The molecule has 0 aromatic rings. The second-order valence-electron chi connectivity index (χ2n) is 6.52. The average molecular weight is 676 g/mol. The average Bonchev–Trinajstić information content (AvgIpc) is 2.53. The van der Waals surface area contributed by atoms with E-state index in [1.807, 2.05) is 9.80 Å². The monoisotopic (exact) mass is 676 g/mol. The summed E-state index contributed by atoms with van der Waals surface area (Å²) >= 11 is 0. The van der Waals surface area contributed by atoms with Crippen LogP contribution >= 0.6 is 0 Å². The third-order valence-corrected chi connectivity index (χ3v) is 3.87. The van der Waals surface area contributed by atoms with E-state index in [0.717, 1.165) is 0 Å². The van der Waals surface area contributed by atoms with Crippen molar-refractivity contribution in [3.63, 3.8) is 0 Å². The molecule has 240 valence electrons. The van der Waals surface area contributed by atoms with Gasteiger partial charge < -0.3 is 98.7 Å². The van der Waals surface area contributed by atoms with E-state index in [4.69, 9.17) is 0 Å². The number of hydrogen-bond acceptors (Lipinski definition) is 12. The van der Waals surface area contributed by atoms with Crippen LogP contribution in [0.25, 0.3) is 0 Å². The number of carbonyl (C=O) groups is 4. The van der Waals surface area contributed by atoms with Crippen LogP contribution in [-0.2, 0) is 69.7 Å². The van der Waals surface area contributed by atoms with E-state index in [1.165, 1.54) is 9.80 Å². The number of carboxylic acids is 4. The molecule has 0 aliphatic heterocycles.